The molecule has 6 nitrogen and oxygen atoms in total. The van der Waals surface area contributed by atoms with Gasteiger partial charge in [-0.3, -0.25) is 9.59 Å². The molecule has 8 heteroatoms. The van der Waals surface area contributed by atoms with Gasteiger partial charge >= 0.3 is 5.97 Å². The first-order valence-corrected chi connectivity index (χ1v) is 9.18. The van der Waals surface area contributed by atoms with Gasteiger partial charge in [0.1, 0.15) is 6.54 Å². The van der Waals surface area contributed by atoms with E-state index in [4.69, 9.17) is 5.11 Å². The van der Waals surface area contributed by atoms with Crippen molar-refractivity contribution in [1.82, 2.24) is 4.90 Å². The van der Waals surface area contributed by atoms with Gasteiger partial charge in [-0.1, -0.05) is 12.1 Å². The van der Waals surface area contributed by atoms with E-state index in [-0.39, 0.29) is 17.9 Å². The molecule has 1 aromatic carbocycles. The van der Waals surface area contributed by atoms with Crippen molar-refractivity contribution < 1.29 is 23.1 Å². The summed E-state index contributed by atoms with van der Waals surface area (Å²) in [5.41, 5.74) is 0.392. The molecular weight excluding hydrogens is 409 g/mol. The van der Waals surface area contributed by atoms with Crippen molar-refractivity contribution in [3.8, 4) is 0 Å². The van der Waals surface area contributed by atoms with Crippen LogP contribution in [0.15, 0.2) is 24.3 Å². The average Bonchev–Trinajstić information content (AvgIpc) is 2.76. The summed E-state index contributed by atoms with van der Waals surface area (Å²) in [7, 11) is -3.19. The number of rotatable bonds is 4. The quantitative estimate of drug-likeness (QED) is 0.730. The molecule has 1 aliphatic rings. The minimum atomic E-state index is -3.19. The maximum atomic E-state index is 12.6. The highest BCUT2D eigenvalue weighted by Gasteiger charge is 2.36. The maximum absolute atomic E-state index is 12.6. The summed E-state index contributed by atoms with van der Waals surface area (Å²) in [6.45, 7) is -0.496. The Labute approximate surface area is 136 Å². The van der Waals surface area contributed by atoms with E-state index in [2.05, 4.69) is 0 Å². The van der Waals surface area contributed by atoms with Crippen LogP contribution in [0.1, 0.15) is 16.8 Å². The number of hydrogen-bond donors (Lipinski definition) is 1. The normalized spacial score (nSPS) is 20.1. The maximum Gasteiger partial charge on any atom is 0.323 e. The summed E-state index contributed by atoms with van der Waals surface area (Å²) in [5, 5.41) is 8.99. The molecule has 0 spiro atoms. The third-order valence-electron chi connectivity index (χ3n) is 3.32. The first kappa shape index (κ1) is 16.2. The standard InChI is InChI=1S/C13H14INO5S/c14-11-4-2-1-3-10(11)13(18)15(7-12(16)17)9-5-6-21(19,20)8-9/h1-4,9H,5-8H2,(H,16,17). The third-order valence-corrected chi connectivity index (χ3v) is 6.01. The van der Waals surface area contributed by atoms with Gasteiger partial charge in [0.2, 0.25) is 0 Å². The highest BCUT2D eigenvalue weighted by Crippen LogP contribution is 2.21. The second kappa shape index (κ2) is 6.30. The number of carboxylic acids is 1. The van der Waals surface area contributed by atoms with Gasteiger partial charge in [-0.15, -0.1) is 0 Å². The number of sulfone groups is 1. The molecule has 0 aliphatic carbocycles. The molecule has 0 radical (unpaired) electrons. The molecule has 1 saturated heterocycles. The van der Waals surface area contributed by atoms with E-state index in [1.165, 1.54) is 0 Å². The van der Waals surface area contributed by atoms with Crippen molar-refractivity contribution >= 4 is 44.3 Å². The second-order valence-electron chi connectivity index (χ2n) is 4.86. The van der Waals surface area contributed by atoms with E-state index in [9.17, 15) is 18.0 Å². The summed E-state index contributed by atoms with van der Waals surface area (Å²) >= 11 is 2.00. The van der Waals surface area contributed by atoms with Gasteiger partial charge in [0, 0.05) is 9.61 Å². The Morgan fingerprint density at radius 2 is 2.00 bits per heavy atom. The Bertz CT molecular complexity index is 673. The fourth-order valence-electron chi connectivity index (χ4n) is 2.32. The monoisotopic (exact) mass is 423 g/mol. The van der Waals surface area contributed by atoms with E-state index in [0.29, 0.717) is 9.13 Å². The van der Waals surface area contributed by atoms with Gasteiger partial charge in [-0.2, -0.15) is 0 Å². The minimum Gasteiger partial charge on any atom is -0.480 e. The van der Waals surface area contributed by atoms with Crippen molar-refractivity contribution in [3.05, 3.63) is 33.4 Å². The number of amides is 1. The molecule has 1 heterocycles. The molecule has 1 atom stereocenters. The van der Waals surface area contributed by atoms with E-state index >= 15 is 0 Å². The smallest absolute Gasteiger partial charge is 0.323 e. The summed E-state index contributed by atoms with van der Waals surface area (Å²) in [4.78, 5) is 24.7. The van der Waals surface area contributed by atoms with Crippen LogP contribution in [0.25, 0.3) is 0 Å². The van der Waals surface area contributed by atoms with Crippen LogP contribution in [0.3, 0.4) is 0 Å². The minimum absolute atomic E-state index is 0.00700. The van der Waals surface area contributed by atoms with Crippen LogP contribution in [0.4, 0.5) is 0 Å². The Balaban J connectivity index is 2.30. The van der Waals surface area contributed by atoms with Crippen molar-refractivity contribution in [2.24, 2.45) is 0 Å². The number of carbonyl (C=O) groups is 2. The van der Waals surface area contributed by atoms with Gasteiger partial charge in [0.05, 0.1) is 17.1 Å². The zero-order valence-corrected chi connectivity index (χ0v) is 14.0. The molecule has 0 bridgehead atoms. The van der Waals surface area contributed by atoms with Crippen LogP contribution in [0.2, 0.25) is 0 Å². The largest absolute Gasteiger partial charge is 0.480 e. The van der Waals surface area contributed by atoms with Crippen molar-refractivity contribution in [1.29, 1.82) is 0 Å². The molecule has 2 rings (SSSR count). The number of carboxylic acid groups (broad SMARTS) is 1. The lowest BCUT2D eigenvalue weighted by Crippen LogP contribution is -2.44. The van der Waals surface area contributed by atoms with Gasteiger partial charge in [0.15, 0.2) is 9.84 Å². The Morgan fingerprint density at radius 3 is 2.52 bits per heavy atom. The lowest BCUT2D eigenvalue weighted by atomic mass is 10.1. The van der Waals surface area contributed by atoms with Gasteiger partial charge in [-0.25, -0.2) is 8.42 Å². The summed E-state index contributed by atoms with van der Waals surface area (Å²) < 4.78 is 23.8. The van der Waals surface area contributed by atoms with Gasteiger partial charge in [0.25, 0.3) is 5.91 Å². The van der Waals surface area contributed by atoms with E-state index < -0.39 is 34.3 Å². The van der Waals surface area contributed by atoms with Crippen LogP contribution in [-0.2, 0) is 14.6 Å². The van der Waals surface area contributed by atoms with Gasteiger partial charge in [-0.05, 0) is 41.1 Å². The second-order valence-corrected chi connectivity index (χ2v) is 8.25. The number of carbonyl (C=O) groups excluding carboxylic acids is 1. The van der Waals surface area contributed by atoms with Crippen molar-refractivity contribution in [2.45, 2.75) is 12.5 Å². The Hall–Kier alpha value is -1.16. The molecular formula is C13H14INO5S. The van der Waals surface area contributed by atoms with Crippen LogP contribution in [0, 0.1) is 3.57 Å². The van der Waals surface area contributed by atoms with Crippen LogP contribution in [0.5, 0.6) is 0 Å². The summed E-state index contributed by atoms with van der Waals surface area (Å²) in [6.07, 6.45) is 0.283. The highest BCUT2D eigenvalue weighted by atomic mass is 127. The first-order valence-electron chi connectivity index (χ1n) is 6.28. The molecule has 1 aromatic rings. The predicted octanol–water partition coefficient (Wildman–Crippen LogP) is 1.01. The van der Waals surface area contributed by atoms with E-state index in [1.807, 2.05) is 22.6 Å². The molecule has 1 unspecified atom stereocenters. The molecule has 1 amide bonds. The predicted molar refractivity (Wildman–Crippen MR) is 84.9 cm³/mol. The third kappa shape index (κ3) is 3.94. The fraction of sp³-hybridized carbons (Fsp3) is 0.385. The van der Waals surface area contributed by atoms with Crippen molar-refractivity contribution in [3.63, 3.8) is 0 Å². The molecule has 1 fully saturated rings. The van der Waals surface area contributed by atoms with Gasteiger partial charge < -0.3 is 10.0 Å². The van der Waals surface area contributed by atoms with E-state index in [1.54, 1.807) is 24.3 Å². The topological polar surface area (TPSA) is 91.8 Å². The fourth-order valence-corrected chi connectivity index (χ4v) is 4.67. The zero-order chi connectivity index (χ0) is 15.6. The molecule has 21 heavy (non-hydrogen) atoms. The number of halogens is 1. The average molecular weight is 423 g/mol. The molecule has 0 saturated carbocycles. The number of benzene rings is 1. The molecule has 1 N–H and O–H groups in total. The Morgan fingerprint density at radius 1 is 1.33 bits per heavy atom. The lowest BCUT2D eigenvalue weighted by molar-refractivity contribution is -0.138. The highest BCUT2D eigenvalue weighted by molar-refractivity contribution is 14.1. The van der Waals surface area contributed by atoms with Crippen LogP contribution in [-0.4, -0.2) is 54.4 Å². The zero-order valence-electron chi connectivity index (χ0n) is 11.0. The molecule has 1 aliphatic heterocycles. The van der Waals surface area contributed by atoms with Crippen molar-refractivity contribution in [2.75, 3.05) is 18.1 Å². The molecule has 114 valence electrons. The first-order chi connectivity index (χ1) is 9.80. The summed E-state index contributed by atoms with van der Waals surface area (Å²) in [5.74, 6) is -1.77. The number of aliphatic carboxylic acids is 1. The Kier molecular flexibility index (Phi) is 4.87. The number of hydrogen-bond acceptors (Lipinski definition) is 4. The number of nitrogens with zero attached hydrogens (tertiary/aromatic N) is 1. The molecule has 0 aromatic heterocycles. The van der Waals surface area contributed by atoms with Crippen LogP contribution < -0.4 is 0 Å². The van der Waals surface area contributed by atoms with Crippen LogP contribution >= 0.6 is 22.6 Å². The lowest BCUT2D eigenvalue weighted by Gasteiger charge is -2.27. The summed E-state index contributed by atoms with van der Waals surface area (Å²) in [6, 6.07) is 6.26. The van der Waals surface area contributed by atoms with E-state index in [0.717, 1.165) is 4.90 Å². The SMILES string of the molecule is O=C(O)CN(C(=O)c1ccccc1I)C1CCS(=O)(=O)C1.